The van der Waals surface area contributed by atoms with Crippen LogP contribution in [0.25, 0.3) is 0 Å². The minimum atomic E-state index is 0.228. The second-order valence-corrected chi connectivity index (χ2v) is 4.64. The number of rotatable bonds is 7. The second kappa shape index (κ2) is 7.13. The van der Waals surface area contributed by atoms with Crippen molar-refractivity contribution in [2.75, 3.05) is 29.4 Å². The van der Waals surface area contributed by atoms with Crippen molar-refractivity contribution in [3.05, 3.63) is 0 Å². The highest BCUT2D eigenvalue weighted by molar-refractivity contribution is 7.99. The summed E-state index contributed by atoms with van der Waals surface area (Å²) < 4.78 is 4.96. The molecule has 1 aromatic heterocycles. The van der Waals surface area contributed by atoms with Crippen LogP contribution in [0.1, 0.15) is 13.8 Å². The van der Waals surface area contributed by atoms with Gasteiger partial charge in [0.15, 0.2) is 0 Å². The number of nitrogens with two attached hydrogens (primary N) is 1. The highest BCUT2D eigenvalue weighted by atomic mass is 32.2. The SMILES string of the molecule is CCSCC(C)Nc1nc(NN)nc(OC)n1. The van der Waals surface area contributed by atoms with E-state index in [2.05, 4.69) is 39.5 Å². The topological polar surface area (TPSA) is 98.0 Å². The molecule has 0 fully saturated rings. The largest absolute Gasteiger partial charge is 0.467 e. The van der Waals surface area contributed by atoms with Gasteiger partial charge in [0.2, 0.25) is 11.9 Å². The van der Waals surface area contributed by atoms with E-state index in [1.54, 1.807) is 0 Å². The van der Waals surface area contributed by atoms with Gasteiger partial charge in [-0.1, -0.05) is 6.92 Å². The van der Waals surface area contributed by atoms with Crippen LogP contribution in [0.15, 0.2) is 0 Å². The lowest BCUT2D eigenvalue weighted by Crippen LogP contribution is -2.21. The first-order valence-corrected chi connectivity index (χ1v) is 6.46. The van der Waals surface area contributed by atoms with E-state index in [0.717, 1.165) is 11.5 Å². The zero-order valence-corrected chi connectivity index (χ0v) is 11.0. The Morgan fingerprint density at radius 3 is 2.65 bits per heavy atom. The molecule has 0 saturated heterocycles. The van der Waals surface area contributed by atoms with E-state index in [4.69, 9.17) is 10.6 Å². The quantitative estimate of drug-likeness (QED) is 0.486. The number of methoxy groups -OCH3 is 1. The number of anilines is 2. The van der Waals surface area contributed by atoms with Crippen LogP contribution in [0.4, 0.5) is 11.9 Å². The minimum absolute atomic E-state index is 0.228. The summed E-state index contributed by atoms with van der Waals surface area (Å²) in [5, 5.41) is 3.17. The van der Waals surface area contributed by atoms with Crippen LogP contribution >= 0.6 is 11.8 Å². The molecule has 1 unspecified atom stereocenters. The zero-order valence-electron chi connectivity index (χ0n) is 10.2. The summed E-state index contributed by atoms with van der Waals surface area (Å²) in [6.45, 7) is 4.19. The van der Waals surface area contributed by atoms with Crippen LogP contribution in [-0.4, -0.2) is 39.6 Å². The summed E-state index contributed by atoms with van der Waals surface area (Å²) in [5.74, 6) is 8.06. The van der Waals surface area contributed by atoms with Gasteiger partial charge in [0, 0.05) is 11.8 Å². The van der Waals surface area contributed by atoms with E-state index >= 15 is 0 Å². The van der Waals surface area contributed by atoms with Crippen molar-refractivity contribution in [3.63, 3.8) is 0 Å². The molecule has 1 heterocycles. The first kappa shape index (κ1) is 13.8. The standard InChI is InChI=1S/C9H18N6OS/c1-4-17-5-6(2)11-7-12-8(15-10)14-9(13-7)16-3/h6H,4-5,10H2,1-3H3,(H2,11,12,13,14,15). The molecule has 0 aliphatic rings. The lowest BCUT2D eigenvalue weighted by atomic mass is 10.4. The van der Waals surface area contributed by atoms with Crippen molar-refractivity contribution in [1.29, 1.82) is 0 Å². The Morgan fingerprint density at radius 2 is 2.06 bits per heavy atom. The highest BCUT2D eigenvalue weighted by Crippen LogP contribution is 2.12. The molecule has 0 aliphatic carbocycles. The second-order valence-electron chi connectivity index (χ2n) is 3.32. The number of nitrogens with one attached hydrogen (secondary N) is 2. The molecule has 96 valence electrons. The molecule has 1 atom stereocenters. The molecule has 4 N–H and O–H groups in total. The molecule has 0 bridgehead atoms. The first-order chi connectivity index (χ1) is 8.19. The maximum Gasteiger partial charge on any atom is 0.322 e. The van der Waals surface area contributed by atoms with E-state index in [9.17, 15) is 0 Å². The van der Waals surface area contributed by atoms with E-state index in [-0.39, 0.29) is 18.0 Å². The molecule has 17 heavy (non-hydrogen) atoms. The van der Waals surface area contributed by atoms with Crippen LogP contribution in [0.3, 0.4) is 0 Å². The molecular weight excluding hydrogens is 240 g/mol. The summed E-state index contributed by atoms with van der Waals surface area (Å²) in [6, 6.07) is 0.489. The molecular formula is C9H18N6OS. The number of hydrogen-bond donors (Lipinski definition) is 3. The third-order valence-electron chi connectivity index (χ3n) is 1.87. The van der Waals surface area contributed by atoms with Gasteiger partial charge in [0.1, 0.15) is 0 Å². The molecule has 1 rings (SSSR count). The van der Waals surface area contributed by atoms with Crippen LogP contribution in [0, 0.1) is 0 Å². The molecule has 8 heteroatoms. The van der Waals surface area contributed by atoms with Crippen molar-refractivity contribution >= 4 is 23.7 Å². The molecule has 1 aromatic rings. The molecule has 0 saturated carbocycles. The average Bonchev–Trinajstić information content (AvgIpc) is 2.35. The summed E-state index contributed by atoms with van der Waals surface area (Å²) in [4.78, 5) is 12.1. The minimum Gasteiger partial charge on any atom is -0.467 e. The van der Waals surface area contributed by atoms with Crippen LogP contribution in [0.5, 0.6) is 6.01 Å². The molecule has 0 amide bonds. The number of ether oxygens (including phenoxy) is 1. The van der Waals surface area contributed by atoms with Crippen molar-refractivity contribution < 1.29 is 4.74 Å². The maximum absolute atomic E-state index is 5.26. The monoisotopic (exact) mass is 258 g/mol. The number of nitrogen functional groups attached to an aromatic ring is 1. The molecule has 0 radical (unpaired) electrons. The smallest absolute Gasteiger partial charge is 0.322 e. The Morgan fingerprint density at radius 1 is 1.35 bits per heavy atom. The number of thioether (sulfide) groups is 1. The number of aromatic nitrogens is 3. The maximum atomic E-state index is 5.26. The van der Waals surface area contributed by atoms with Gasteiger partial charge in [-0.25, -0.2) is 5.84 Å². The average molecular weight is 258 g/mol. The summed E-state index contributed by atoms with van der Waals surface area (Å²) in [7, 11) is 1.50. The Balaban J connectivity index is 2.68. The van der Waals surface area contributed by atoms with Gasteiger partial charge in [-0.05, 0) is 12.7 Å². The van der Waals surface area contributed by atoms with Gasteiger partial charge in [0.25, 0.3) is 0 Å². The van der Waals surface area contributed by atoms with Crippen molar-refractivity contribution in [2.45, 2.75) is 19.9 Å². The highest BCUT2D eigenvalue weighted by Gasteiger charge is 2.08. The van der Waals surface area contributed by atoms with Gasteiger partial charge in [0.05, 0.1) is 7.11 Å². The van der Waals surface area contributed by atoms with Crippen LogP contribution in [0.2, 0.25) is 0 Å². The van der Waals surface area contributed by atoms with Crippen molar-refractivity contribution in [2.24, 2.45) is 5.84 Å². The Hall–Kier alpha value is -1.28. The Labute approximate surface area is 105 Å². The Kier molecular flexibility index (Phi) is 5.78. The third kappa shape index (κ3) is 4.61. The molecule has 0 aromatic carbocycles. The van der Waals surface area contributed by atoms with E-state index in [1.807, 2.05) is 11.8 Å². The fraction of sp³-hybridized carbons (Fsp3) is 0.667. The van der Waals surface area contributed by atoms with E-state index < -0.39 is 0 Å². The van der Waals surface area contributed by atoms with Gasteiger partial charge in [-0.2, -0.15) is 26.7 Å². The van der Waals surface area contributed by atoms with Gasteiger partial charge in [-0.3, -0.25) is 5.43 Å². The van der Waals surface area contributed by atoms with Crippen molar-refractivity contribution in [3.8, 4) is 6.01 Å². The fourth-order valence-corrected chi connectivity index (χ4v) is 1.81. The lowest BCUT2D eigenvalue weighted by molar-refractivity contribution is 0.379. The van der Waals surface area contributed by atoms with Crippen molar-refractivity contribution in [1.82, 2.24) is 15.0 Å². The zero-order chi connectivity index (χ0) is 12.7. The number of nitrogens with zero attached hydrogens (tertiary/aromatic N) is 3. The first-order valence-electron chi connectivity index (χ1n) is 5.30. The van der Waals surface area contributed by atoms with Crippen LogP contribution < -0.4 is 21.3 Å². The summed E-state index contributed by atoms with van der Waals surface area (Å²) >= 11 is 1.85. The summed E-state index contributed by atoms with van der Waals surface area (Å²) in [6.07, 6.45) is 0. The third-order valence-corrected chi connectivity index (χ3v) is 3.02. The molecule has 7 nitrogen and oxygen atoms in total. The van der Waals surface area contributed by atoms with E-state index in [1.165, 1.54) is 7.11 Å². The Bertz CT molecular complexity index is 328. The van der Waals surface area contributed by atoms with E-state index in [0.29, 0.717) is 5.95 Å². The lowest BCUT2D eigenvalue weighted by Gasteiger charge is -2.13. The van der Waals surface area contributed by atoms with Gasteiger partial charge in [-0.15, -0.1) is 0 Å². The molecule has 0 spiro atoms. The van der Waals surface area contributed by atoms with Gasteiger partial charge >= 0.3 is 6.01 Å². The normalized spacial score (nSPS) is 12.0. The fourth-order valence-electron chi connectivity index (χ4n) is 1.13. The summed E-state index contributed by atoms with van der Waals surface area (Å²) in [5.41, 5.74) is 2.37. The predicted octanol–water partition coefficient (Wildman–Crippen LogP) is 0.719. The van der Waals surface area contributed by atoms with Crippen LogP contribution in [-0.2, 0) is 0 Å². The number of hydrogen-bond acceptors (Lipinski definition) is 8. The molecule has 0 aliphatic heterocycles. The predicted molar refractivity (Wildman–Crippen MR) is 70.3 cm³/mol. The number of hydrazine groups is 1. The van der Waals surface area contributed by atoms with Gasteiger partial charge < -0.3 is 10.1 Å².